The molecule has 1 aromatic carbocycles. The number of piperidine rings is 1. The Kier molecular flexibility index (Phi) is 5.74. The molecule has 1 aliphatic rings. The fraction of sp³-hybridized carbons (Fsp3) is 0.571. The van der Waals surface area contributed by atoms with Crippen molar-refractivity contribution in [2.45, 2.75) is 38.3 Å². The van der Waals surface area contributed by atoms with Gasteiger partial charge in [0, 0.05) is 12.6 Å². The van der Waals surface area contributed by atoms with E-state index in [9.17, 15) is 0 Å². The van der Waals surface area contributed by atoms with Gasteiger partial charge in [-0.3, -0.25) is 4.90 Å². The first-order valence-electron chi connectivity index (χ1n) is 6.41. The molecule has 2 nitrogen and oxygen atoms in total. The van der Waals surface area contributed by atoms with E-state index in [1.165, 1.54) is 31.4 Å². The monoisotopic (exact) mass is 345 g/mol. The minimum Gasteiger partial charge on any atom is -0.316 e. The van der Waals surface area contributed by atoms with Crippen LogP contribution in [0.2, 0.25) is 0 Å². The molecular formula is C14H20INO. The average molecular weight is 345 g/mol. The molecule has 17 heavy (non-hydrogen) atoms. The molecule has 0 N–H and O–H groups in total. The summed E-state index contributed by atoms with van der Waals surface area (Å²) < 4.78 is 5.19. The van der Waals surface area contributed by atoms with Crippen LogP contribution >= 0.6 is 23.0 Å². The fourth-order valence-electron chi connectivity index (χ4n) is 2.59. The van der Waals surface area contributed by atoms with Crippen molar-refractivity contribution in [1.82, 2.24) is 4.90 Å². The zero-order valence-electron chi connectivity index (χ0n) is 10.1. The Bertz CT molecular complexity index is 317. The summed E-state index contributed by atoms with van der Waals surface area (Å²) >= 11 is 2.00. The summed E-state index contributed by atoms with van der Waals surface area (Å²) in [7, 11) is 0. The van der Waals surface area contributed by atoms with E-state index in [0.29, 0.717) is 6.04 Å². The highest BCUT2D eigenvalue weighted by atomic mass is 127. The minimum atomic E-state index is 0.707. The van der Waals surface area contributed by atoms with Crippen LogP contribution in [-0.4, -0.2) is 24.1 Å². The predicted molar refractivity (Wildman–Crippen MR) is 79.1 cm³/mol. The van der Waals surface area contributed by atoms with Gasteiger partial charge >= 0.3 is 0 Å². The Morgan fingerprint density at radius 2 is 2.06 bits per heavy atom. The largest absolute Gasteiger partial charge is 0.316 e. The third kappa shape index (κ3) is 4.23. The average Bonchev–Trinajstić information content (AvgIpc) is 2.39. The fourth-order valence-corrected chi connectivity index (χ4v) is 2.85. The van der Waals surface area contributed by atoms with Gasteiger partial charge in [-0.25, -0.2) is 0 Å². The lowest BCUT2D eigenvalue weighted by atomic mass is 9.99. The van der Waals surface area contributed by atoms with Gasteiger partial charge in [0.05, 0.1) is 6.61 Å². The molecule has 1 aliphatic heterocycles. The molecule has 1 unspecified atom stereocenters. The van der Waals surface area contributed by atoms with Crippen molar-refractivity contribution in [3.63, 3.8) is 0 Å². The normalized spacial score (nSPS) is 21.6. The van der Waals surface area contributed by atoms with Gasteiger partial charge in [-0.1, -0.05) is 36.8 Å². The van der Waals surface area contributed by atoms with Crippen molar-refractivity contribution in [2.24, 2.45) is 0 Å². The van der Waals surface area contributed by atoms with Crippen molar-refractivity contribution < 1.29 is 3.07 Å². The highest BCUT2D eigenvalue weighted by molar-refractivity contribution is 14.1. The van der Waals surface area contributed by atoms with Crippen LogP contribution in [0.25, 0.3) is 0 Å². The molecule has 3 heteroatoms. The van der Waals surface area contributed by atoms with Crippen molar-refractivity contribution in [3.05, 3.63) is 35.9 Å². The maximum Gasteiger partial charge on any atom is 0.109 e. The molecule has 0 radical (unpaired) electrons. The number of benzene rings is 1. The van der Waals surface area contributed by atoms with E-state index < -0.39 is 0 Å². The van der Waals surface area contributed by atoms with Gasteiger partial charge in [-0.05, 0) is 31.4 Å². The van der Waals surface area contributed by atoms with Gasteiger partial charge in [0.1, 0.15) is 23.0 Å². The highest BCUT2D eigenvalue weighted by Crippen LogP contribution is 2.22. The molecule has 94 valence electrons. The Morgan fingerprint density at radius 1 is 1.24 bits per heavy atom. The van der Waals surface area contributed by atoms with Crippen LogP contribution < -0.4 is 0 Å². The van der Waals surface area contributed by atoms with Crippen molar-refractivity contribution in [3.8, 4) is 0 Å². The van der Waals surface area contributed by atoms with Gasteiger partial charge in [0.25, 0.3) is 0 Å². The molecule has 1 aromatic rings. The van der Waals surface area contributed by atoms with Crippen molar-refractivity contribution >= 4 is 23.0 Å². The number of rotatable bonds is 5. The maximum absolute atomic E-state index is 5.19. The Labute approximate surface area is 118 Å². The molecule has 0 amide bonds. The minimum absolute atomic E-state index is 0.707. The summed E-state index contributed by atoms with van der Waals surface area (Å²) in [6, 6.07) is 11.5. The molecule has 0 aromatic heterocycles. The number of nitrogens with zero attached hydrogens (tertiary/aromatic N) is 1. The van der Waals surface area contributed by atoms with Crippen LogP contribution in [0.4, 0.5) is 0 Å². The number of likely N-dealkylation sites (tertiary alicyclic amines) is 1. The summed E-state index contributed by atoms with van der Waals surface area (Å²) in [4.78, 5) is 2.62. The zero-order chi connectivity index (χ0) is 11.9. The predicted octanol–water partition coefficient (Wildman–Crippen LogP) is 3.80. The first-order chi connectivity index (χ1) is 8.40. The molecule has 0 saturated carbocycles. The standard InChI is InChI=1S/C14H20INO/c15-17-11-9-14-8-4-5-10-16(14)12-13-6-2-1-3-7-13/h1-3,6-7,14H,4-5,8-12H2. The van der Waals surface area contributed by atoms with Gasteiger partial charge in [0.2, 0.25) is 0 Å². The van der Waals surface area contributed by atoms with E-state index in [0.717, 1.165) is 19.6 Å². The van der Waals surface area contributed by atoms with Crippen LogP contribution in [0.3, 0.4) is 0 Å². The topological polar surface area (TPSA) is 12.5 Å². The Balaban J connectivity index is 1.92. The van der Waals surface area contributed by atoms with E-state index in [2.05, 4.69) is 35.2 Å². The third-order valence-electron chi connectivity index (χ3n) is 3.51. The molecule has 1 heterocycles. The van der Waals surface area contributed by atoms with E-state index in [1.54, 1.807) is 0 Å². The number of halogens is 1. The summed E-state index contributed by atoms with van der Waals surface area (Å²) in [6.07, 6.45) is 5.20. The van der Waals surface area contributed by atoms with Crippen molar-refractivity contribution in [1.29, 1.82) is 0 Å². The van der Waals surface area contributed by atoms with Gasteiger partial charge < -0.3 is 3.07 Å². The summed E-state index contributed by atoms with van der Waals surface area (Å²) in [6.45, 7) is 3.20. The van der Waals surface area contributed by atoms with Crippen LogP contribution in [-0.2, 0) is 9.61 Å². The zero-order valence-corrected chi connectivity index (χ0v) is 12.3. The highest BCUT2D eigenvalue weighted by Gasteiger charge is 2.21. The Morgan fingerprint density at radius 3 is 2.82 bits per heavy atom. The van der Waals surface area contributed by atoms with Gasteiger partial charge in [-0.15, -0.1) is 0 Å². The molecular weight excluding hydrogens is 325 g/mol. The van der Waals surface area contributed by atoms with E-state index in [-0.39, 0.29) is 0 Å². The van der Waals surface area contributed by atoms with Gasteiger partial charge in [0.15, 0.2) is 0 Å². The molecule has 2 rings (SSSR count). The second-order valence-electron chi connectivity index (χ2n) is 4.71. The quantitative estimate of drug-likeness (QED) is 0.753. The van der Waals surface area contributed by atoms with Crippen LogP contribution in [0.1, 0.15) is 31.2 Å². The van der Waals surface area contributed by atoms with E-state index in [1.807, 2.05) is 23.0 Å². The molecule has 0 spiro atoms. The van der Waals surface area contributed by atoms with Crippen LogP contribution in [0.5, 0.6) is 0 Å². The van der Waals surface area contributed by atoms with E-state index in [4.69, 9.17) is 3.07 Å². The lowest BCUT2D eigenvalue weighted by Crippen LogP contribution is -2.39. The lowest BCUT2D eigenvalue weighted by Gasteiger charge is -2.35. The molecule has 1 fully saturated rings. The van der Waals surface area contributed by atoms with Crippen molar-refractivity contribution in [2.75, 3.05) is 13.2 Å². The number of hydrogen-bond donors (Lipinski definition) is 0. The molecule has 0 bridgehead atoms. The summed E-state index contributed by atoms with van der Waals surface area (Å²) in [5.41, 5.74) is 1.43. The smallest absolute Gasteiger partial charge is 0.109 e. The third-order valence-corrected chi connectivity index (χ3v) is 3.95. The second kappa shape index (κ2) is 7.34. The van der Waals surface area contributed by atoms with Gasteiger partial charge in [-0.2, -0.15) is 0 Å². The summed E-state index contributed by atoms with van der Waals surface area (Å²) in [5, 5.41) is 0. The van der Waals surface area contributed by atoms with E-state index >= 15 is 0 Å². The second-order valence-corrected chi connectivity index (χ2v) is 5.33. The first-order valence-corrected chi connectivity index (χ1v) is 7.30. The molecule has 0 aliphatic carbocycles. The maximum atomic E-state index is 5.19. The number of hydrogen-bond acceptors (Lipinski definition) is 2. The molecule has 1 atom stereocenters. The summed E-state index contributed by atoms with van der Waals surface area (Å²) in [5.74, 6) is 0. The van der Waals surface area contributed by atoms with Crippen LogP contribution in [0.15, 0.2) is 30.3 Å². The van der Waals surface area contributed by atoms with Crippen LogP contribution in [0, 0.1) is 0 Å². The Hall–Kier alpha value is -0.130. The lowest BCUT2D eigenvalue weighted by molar-refractivity contribution is 0.123. The first kappa shape index (κ1) is 13.3. The molecule has 1 saturated heterocycles. The SMILES string of the molecule is IOCCC1CCCCN1Cc1ccccc1.